The van der Waals surface area contributed by atoms with Crippen LogP contribution in [0.25, 0.3) is 0 Å². The van der Waals surface area contributed by atoms with E-state index in [2.05, 4.69) is 12.2 Å². The maximum Gasteiger partial charge on any atom is -0.00205 e. The van der Waals surface area contributed by atoms with Crippen molar-refractivity contribution in [2.24, 2.45) is 5.92 Å². The Morgan fingerprint density at radius 1 is 1.40 bits per heavy atom. The molecule has 1 N–H and O–H groups in total. The van der Waals surface area contributed by atoms with E-state index in [9.17, 15) is 0 Å². The first kappa shape index (κ1) is 10.2. The predicted molar refractivity (Wildman–Crippen MR) is 47.7 cm³/mol. The van der Waals surface area contributed by atoms with Gasteiger partial charge in [-0.25, -0.2) is 0 Å². The van der Waals surface area contributed by atoms with Gasteiger partial charge < -0.3 is 5.32 Å². The van der Waals surface area contributed by atoms with Crippen molar-refractivity contribution >= 4 is 12.4 Å². The molecule has 0 aromatic heterocycles. The monoisotopic (exact) mass is 163 g/mol. The van der Waals surface area contributed by atoms with Gasteiger partial charge in [0.05, 0.1) is 0 Å². The van der Waals surface area contributed by atoms with Crippen molar-refractivity contribution < 1.29 is 0 Å². The van der Waals surface area contributed by atoms with E-state index in [0.717, 1.165) is 5.92 Å². The Hall–Kier alpha value is 0.250. The van der Waals surface area contributed by atoms with Gasteiger partial charge in [-0.05, 0) is 38.3 Å². The number of nitrogens with one attached hydrogen (secondary N) is 1. The summed E-state index contributed by atoms with van der Waals surface area (Å²) in [6.45, 7) is 4.69. The Kier molecular flexibility index (Phi) is 6.14. The van der Waals surface area contributed by atoms with Crippen molar-refractivity contribution in [3.05, 3.63) is 0 Å². The lowest BCUT2D eigenvalue weighted by molar-refractivity contribution is 0.302. The predicted octanol–water partition coefficient (Wildman–Crippen LogP) is 2.21. The highest BCUT2D eigenvalue weighted by molar-refractivity contribution is 5.85. The molecule has 62 valence electrons. The molecule has 0 unspecified atom stereocenters. The summed E-state index contributed by atoms with van der Waals surface area (Å²) >= 11 is 0. The van der Waals surface area contributed by atoms with Crippen LogP contribution in [0.4, 0.5) is 0 Å². The van der Waals surface area contributed by atoms with E-state index in [4.69, 9.17) is 0 Å². The van der Waals surface area contributed by atoms with Gasteiger partial charge in [-0.15, -0.1) is 12.4 Å². The first-order valence-electron chi connectivity index (χ1n) is 4.14. The molecule has 1 rings (SSSR count). The molecule has 0 aromatic carbocycles. The molecule has 1 nitrogen and oxygen atoms in total. The molecular formula is C8H18ClN. The first-order valence-corrected chi connectivity index (χ1v) is 4.14. The van der Waals surface area contributed by atoms with Crippen LogP contribution in [-0.2, 0) is 0 Å². The molecule has 1 saturated carbocycles. The van der Waals surface area contributed by atoms with Gasteiger partial charge in [0.15, 0.2) is 0 Å². The van der Waals surface area contributed by atoms with Crippen LogP contribution in [0.15, 0.2) is 0 Å². The normalized spacial score (nSPS) is 17.7. The van der Waals surface area contributed by atoms with E-state index in [1.54, 1.807) is 0 Å². The highest BCUT2D eigenvalue weighted by Gasteiger charge is 2.15. The average molecular weight is 164 g/mol. The average Bonchev–Trinajstić information content (AvgIpc) is 1.76. The van der Waals surface area contributed by atoms with E-state index in [-0.39, 0.29) is 12.4 Å². The molecule has 0 radical (unpaired) electrons. The minimum atomic E-state index is 0. The Morgan fingerprint density at radius 2 is 2.10 bits per heavy atom. The molecule has 1 fully saturated rings. The lowest BCUT2D eigenvalue weighted by Gasteiger charge is -2.25. The van der Waals surface area contributed by atoms with Crippen LogP contribution in [0.1, 0.15) is 32.6 Å². The maximum atomic E-state index is 3.44. The second kappa shape index (κ2) is 5.99. The fraction of sp³-hybridized carbons (Fsp3) is 1.00. The topological polar surface area (TPSA) is 12.0 Å². The van der Waals surface area contributed by atoms with E-state index < -0.39 is 0 Å². The van der Waals surface area contributed by atoms with Crippen LogP contribution in [0.3, 0.4) is 0 Å². The molecule has 0 aromatic rings. The van der Waals surface area contributed by atoms with Gasteiger partial charge >= 0.3 is 0 Å². The fourth-order valence-corrected chi connectivity index (χ4v) is 1.18. The van der Waals surface area contributed by atoms with E-state index >= 15 is 0 Å². The lowest BCUT2D eigenvalue weighted by Crippen LogP contribution is -2.27. The minimum Gasteiger partial charge on any atom is -0.316 e. The summed E-state index contributed by atoms with van der Waals surface area (Å²) in [7, 11) is 0. The number of hydrogen-bond acceptors (Lipinski definition) is 1. The third kappa shape index (κ3) is 3.43. The van der Waals surface area contributed by atoms with E-state index in [0.29, 0.717) is 0 Å². The fourth-order valence-electron chi connectivity index (χ4n) is 1.18. The molecule has 1 aliphatic carbocycles. The van der Waals surface area contributed by atoms with Crippen LogP contribution < -0.4 is 5.32 Å². The summed E-state index contributed by atoms with van der Waals surface area (Å²) in [4.78, 5) is 0. The van der Waals surface area contributed by atoms with Gasteiger partial charge in [-0.3, -0.25) is 0 Å². The molecule has 0 heterocycles. The van der Waals surface area contributed by atoms with E-state index in [1.165, 1.54) is 38.8 Å². The Labute approximate surface area is 70.0 Å². The number of rotatable bonds is 4. The standard InChI is InChI=1S/C8H17N.ClH/c1-2-6-9-7-8-4-3-5-8;/h8-9H,2-7H2,1H3;1H. The molecule has 10 heavy (non-hydrogen) atoms. The zero-order chi connectivity index (χ0) is 6.53. The van der Waals surface area contributed by atoms with Gasteiger partial charge in [-0.2, -0.15) is 0 Å². The van der Waals surface area contributed by atoms with Crippen molar-refractivity contribution in [1.29, 1.82) is 0 Å². The smallest absolute Gasteiger partial charge is 0.00205 e. The number of hydrogen-bond donors (Lipinski definition) is 1. The molecule has 0 saturated heterocycles. The summed E-state index contributed by atoms with van der Waals surface area (Å²) < 4.78 is 0. The minimum absolute atomic E-state index is 0. The van der Waals surface area contributed by atoms with Crippen LogP contribution in [0.5, 0.6) is 0 Å². The summed E-state index contributed by atoms with van der Waals surface area (Å²) in [6.07, 6.45) is 5.68. The molecule has 0 amide bonds. The molecule has 0 aliphatic heterocycles. The third-order valence-electron chi connectivity index (χ3n) is 2.08. The second-order valence-corrected chi connectivity index (χ2v) is 3.00. The highest BCUT2D eigenvalue weighted by Crippen LogP contribution is 2.24. The van der Waals surface area contributed by atoms with Gasteiger partial charge in [0.1, 0.15) is 0 Å². The summed E-state index contributed by atoms with van der Waals surface area (Å²) in [5.41, 5.74) is 0. The highest BCUT2D eigenvalue weighted by atomic mass is 35.5. The second-order valence-electron chi connectivity index (χ2n) is 3.00. The molecule has 0 spiro atoms. The zero-order valence-corrected chi connectivity index (χ0v) is 7.54. The quantitative estimate of drug-likeness (QED) is 0.627. The van der Waals surface area contributed by atoms with Crippen LogP contribution in [0.2, 0.25) is 0 Å². The zero-order valence-electron chi connectivity index (χ0n) is 6.73. The van der Waals surface area contributed by atoms with Gasteiger partial charge in [0.25, 0.3) is 0 Å². The third-order valence-corrected chi connectivity index (χ3v) is 2.08. The van der Waals surface area contributed by atoms with Crippen LogP contribution in [0, 0.1) is 5.92 Å². The maximum absolute atomic E-state index is 3.44. The van der Waals surface area contributed by atoms with Crippen LogP contribution >= 0.6 is 12.4 Å². The van der Waals surface area contributed by atoms with Crippen molar-refractivity contribution in [3.8, 4) is 0 Å². The summed E-state index contributed by atoms with van der Waals surface area (Å²) in [5.74, 6) is 1.02. The largest absolute Gasteiger partial charge is 0.316 e. The molecule has 0 bridgehead atoms. The van der Waals surface area contributed by atoms with Crippen molar-refractivity contribution in [1.82, 2.24) is 5.32 Å². The summed E-state index contributed by atoms with van der Waals surface area (Å²) in [5, 5.41) is 3.44. The Bertz CT molecular complexity index is 71.7. The van der Waals surface area contributed by atoms with Crippen molar-refractivity contribution in [2.75, 3.05) is 13.1 Å². The molecule has 0 atom stereocenters. The van der Waals surface area contributed by atoms with Crippen molar-refractivity contribution in [2.45, 2.75) is 32.6 Å². The van der Waals surface area contributed by atoms with Crippen molar-refractivity contribution in [3.63, 3.8) is 0 Å². The lowest BCUT2D eigenvalue weighted by atomic mass is 9.85. The van der Waals surface area contributed by atoms with Gasteiger partial charge in [-0.1, -0.05) is 13.3 Å². The molecular weight excluding hydrogens is 146 g/mol. The Balaban J connectivity index is 0.000000810. The Morgan fingerprint density at radius 3 is 2.50 bits per heavy atom. The first-order chi connectivity index (χ1) is 4.43. The van der Waals surface area contributed by atoms with Crippen LogP contribution in [-0.4, -0.2) is 13.1 Å². The van der Waals surface area contributed by atoms with E-state index in [1.807, 2.05) is 0 Å². The van der Waals surface area contributed by atoms with Gasteiger partial charge in [0, 0.05) is 0 Å². The summed E-state index contributed by atoms with van der Waals surface area (Å²) in [6, 6.07) is 0. The molecule has 1 aliphatic rings. The SMILES string of the molecule is CCCNCC1CCC1.Cl. The molecule has 2 heteroatoms. The van der Waals surface area contributed by atoms with Gasteiger partial charge in [0.2, 0.25) is 0 Å². The number of halogens is 1.